The summed E-state index contributed by atoms with van der Waals surface area (Å²) in [6, 6.07) is 12.4. The van der Waals surface area contributed by atoms with E-state index < -0.39 is 0 Å². The molecule has 1 aliphatic carbocycles. The lowest BCUT2D eigenvalue weighted by molar-refractivity contribution is -0.145. The molecule has 2 aromatic rings. The number of halogens is 1. The maximum absolute atomic E-state index is 13.4. The number of hydrogen-bond donors (Lipinski definition) is 0. The minimum absolute atomic E-state index is 0.0231. The molecule has 1 heterocycles. The summed E-state index contributed by atoms with van der Waals surface area (Å²) in [6.07, 6.45) is 7.76. The van der Waals surface area contributed by atoms with Gasteiger partial charge in [0.15, 0.2) is 0 Å². The predicted molar refractivity (Wildman–Crippen MR) is 138 cm³/mol. The first-order valence-corrected chi connectivity index (χ1v) is 13.2. The zero-order valence-electron chi connectivity index (χ0n) is 20.5. The molecule has 3 rings (SSSR count). The minimum atomic E-state index is 0.0231. The molecule has 1 aliphatic rings. The molecule has 0 atom stereocenters. The summed E-state index contributed by atoms with van der Waals surface area (Å²) in [5.74, 6) is 0.238. The Kier molecular flexibility index (Phi) is 10.7. The second-order valence-electron chi connectivity index (χ2n) is 9.16. The molecule has 1 fully saturated rings. The molecule has 186 valence electrons. The van der Waals surface area contributed by atoms with Crippen LogP contribution in [0.5, 0.6) is 0 Å². The van der Waals surface area contributed by atoms with Gasteiger partial charge < -0.3 is 19.1 Å². The lowest BCUT2D eigenvalue weighted by Gasteiger charge is -2.33. The van der Waals surface area contributed by atoms with Crippen LogP contribution in [0.25, 0.3) is 0 Å². The molecule has 0 aliphatic heterocycles. The Labute approximate surface area is 212 Å². The van der Waals surface area contributed by atoms with E-state index in [4.69, 9.17) is 4.74 Å². The Morgan fingerprint density at radius 2 is 1.82 bits per heavy atom. The Morgan fingerprint density at radius 3 is 2.47 bits per heavy atom. The Hall–Kier alpha value is -2.12. The highest BCUT2D eigenvalue weighted by Crippen LogP contribution is 2.28. The van der Waals surface area contributed by atoms with E-state index in [0.29, 0.717) is 26.2 Å². The summed E-state index contributed by atoms with van der Waals surface area (Å²) in [4.78, 5) is 30.1. The molecule has 0 unspecified atom stereocenters. The van der Waals surface area contributed by atoms with Crippen LogP contribution < -0.4 is 0 Å². The maximum Gasteiger partial charge on any atom is 0.242 e. The van der Waals surface area contributed by atoms with Gasteiger partial charge in [0, 0.05) is 55.6 Å². The van der Waals surface area contributed by atoms with Crippen molar-refractivity contribution in [3.05, 3.63) is 58.3 Å². The van der Waals surface area contributed by atoms with Crippen molar-refractivity contribution in [2.24, 2.45) is 5.92 Å². The van der Waals surface area contributed by atoms with Gasteiger partial charge in [-0.05, 0) is 55.5 Å². The Morgan fingerprint density at radius 1 is 1.09 bits per heavy atom. The quantitative estimate of drug-likeness (QED) is 0.319. The molecule has 1 aromatic heterocycles. The second-order valence-corrected chi connectivity index (χ2v) is 10.1. The van der Waals surface area contributed by atoms with Crippen LogP contribution in [0.3, 0.4) is 0 Å². The average molecular weight is 533 g/mol. The van der Waals surface area contributed by atoms with Crippen molar-refractivity contribution in [2.75, 3.05) is 33.4 Å². The highest BCUT2D eigenvalue weighted by atomic mass is 79.9. The van der Waals surface area contributed by atoms with E-state index in [-0.39, 0.29) is 24.3 Å². The van der Waals surface area contributed by atoms with Gasteiger partial charge >= 0.3 is 0 Å². The fourth-order valence-electron chi connectivity index (χ4n) is 4.21. The number of rotatable bonds is 14. The third kappa shape index (κ3) is 7.70. The molecule has 2 amide bonds. The lowest BCUT2D eigenvalue weighted by Crippen LogP contribution is -2.46. The molecule has 7 heteroatoms. The van der Waals surface area contributed by atoms with Crippen LogP contribution in [0.15, 0.2) is 47.1 Å². The van der Waals surface area contributed by atoms with Gasteiger partial charge in [-0.2, -0.15) is 0 Å². The van der Waals surface area contributed by atoms with Gasteiger partial charge in [-0.1, -0.05) is 47.8 Å². The topological polar surface area (TPSA) is 54.8 Å². The van der Waals surface area contributed by atoms with Crippen LogP contribution >= 0.6 is 15.9 Å². The largest absolute Gasteiger partial charge is 0.385 e. The monoisotopic (exact) mass is 531 g/mol. The molecule has 0 radical (unpaired) electrons. The van der Waals surface area contributed by atoms with Crippen molar-refractivity contribution in [1.82, 2.24) is 14.4 Å². The van der Waals surface area contributed by atoms with Crippen molar-refractivity contribution in [2.45, 2.75) is 58.5 Å². The highest BCUT2D eigenvalue weighted by molar-refractivity contribution is 9.10. The van der Waals surface area contributed by atoms with Gasteiger partial charge in [0.1, 0.15) is 0 Å². The molecule has 6 nitrogen and oxygen atoms in total. The number of unbranched alkanes of at least 4 members (excludes halogenated alkanes) is 1. The van der Waals surface area contributed by atoms with E-state index in [1.54, 1.807) is 12.0 Å². The van der Waals surface area contributed by atoms with Gasteiger partial charge in [0.05, 0.1) is 13.1 Å². The van der Waals surface area contributed by atoms with Crippen molar-refractivity contribution in [3.63, 3.8) is 0 Å². The molecule has 1 saturated carbocycles. The average Bonchev–Trinajstić information content (AvgIpc) is 3.22. The molecule has 0 N–H and O–H groups in total. The van der Waals surface area contributed by atoms with Gasteiger partial charge in [0.2, 0.25) is 11.8 Å². The van der Waals surface area contributed by atoms with Crippen LogP contribution in [0.1, 0.15) is 56.7 Å². The standard InChI is InChI=1S/C27H38BrN3O3/c1-3-4-15-30(20-25-10-6-16-29(25)19-22-11-13-24(28)14-12-22)26(32)21-31(17-7-18-34-2)27(33)23-8-5-9-23/h6,10-14,16,23H,3-5,7-9,15,17-21H2,1-2H3. The first kappa shape index (κ1) is 26.5. The van der Waals surface area contributed by atoms with Gasteiger partial charge in [-0.25, -0.2) is 0 Å². The van der Waals surface area contributed by atoms with E-state index in [1.165, 1.54) is 5.56 Å². The number of nitrogens with zero attached hydrogens (tertiary/aromatic N) is 3. The zero-order chi connectivity index (χ0) is 24.3. The van der Waals surface area contributed by atoms with Gasteiger partial charge in [0.25, 0.3) is 0 Å². The summed E-state index contributed by atoms with van der Waals surface area (Å²) in [7, 11) is 1.67. The molecule has 34 heavy (non-hydrogen) atoms. The summed E-state index contributed by atoms with van der Waals surface area (Å²) < 4.78 is 8.44. The number of ether oxygens (including phenoxy) is 1. The number of carbonyl (C=O) groups excluding carboxylic acids is 2. The third-order valence-electron chi connectivity index (χ3n) is 6.55. The summed E-state index contributed by atoms with van der Waals surface area (Å²) in [5, 5.41) is 0. The third-order valence-corrected chi connectivity index (χ3v) is 7.07. The van der Waals surface area contributed by atoms with Gasteiger partial charge in [-0.15, -0.1) is 0 Å². The number of carbonyl (C=O) groups is 2. The van der Waals surface area contributed by atoms with Crippen LogP contribution in [0, 0.1) is 5.92 Å². The van der Waals surface area contributed by atoms with Crippen molar-refractivity contribution >= 4 is 27.7 Å². The number of benzene rings is 1. The maximum atomic E-state index is 13.4. The smallest absolute Gasteiger partial charge is 0.242 e. The Balaban J connectivity index is 1.69. The van der Waals surface area contributed by atoms with Crippen LogP contribution in [0.4, 0.5) is 0 Å². The van der Waals surface area contributed by atoms with E-state index in [0.717, 1.165) is 55.2 Å². The summed E-state index contributed by atoms with van der Waals surface area (Å²) in [5.41, 5.74) is 2.31. The SMILES string of the molecule is CCCCN(Cc1cccn1Cc1ccc(Br)cc1)C(=O)CN(CCCOC)C(=O)C1CCC1. The fourth-order valence-corrected chi connectivity index (χ4v) is 4.48. The zero-order valence-corrected chi connectivity index (χ0v) is 22.1. The van der Waals surface area contributed by atoms with Crippen molar-refractivity contribution in [3.8, 4) is 0 Å². The molecule has 0 saturated heterocycles. The number of aromatic nitrogens is 1. The van der Waals surface area contributed by atoms with Crippen molar-refractivity contribution < 1.29 is 14.3 Å². The normalized spacial score (nSPS) is 13.5. The van der Waals surface area contributed by atoms with Crippen LogP contribution in [-0.2, 0) is 27.4 Å². The van der Waals surface area contributed by atoms with Crippen molar-refractivity contribution in [1.29, 1.82) is 0 Å². The van der Waals surface area contributed by atoms with E-state index >= 15 is 0 Å². The molecular formula is C27H38BrN3O3. The van der Waals surface area contributed by atoms with Crippen LogP contribution in [0.2, 0.25) is 0 Å². The fraction of sp³-hybridized carbons (Fsp3) is 0.556. The van der Waals surface area contributed by atoms with Gasteiger partial charge in [-0.3, -0.25) is 9.59 Å². The second kappa shape index (κ2) is 13.7. The first-order chi connectivity index (χ1) is 16.5. The highest BCUT2D eigenvalue weighted by Gasteiger charge is 2.31. The molecular weight excluding hydrogens is 494 g/mol. The number of amides is 2. The lowest BCUT2D eigenvalue weighted by atomic mass is 9.84. The minimum Gasteiger partial charge on any atom is -0.385 e. The summed E-state index contributed by atoms with van der Waals surface area (Å²) in [6.45, 7) is 5.44. The first-order valence-electron chi connectivity index (χ1n) is 12.5. The Bertz CT molecular complexity index is 908. The number of methoxy groups -OCH3 is 1. The van der Waals surface area contributed by atoms with E-state index in [2.05, 4.69) is 51.8 Å². The number of hydrogen-bond acceptors (Lipinski definition) is 3. The molecule has 0 spiro atoms. The summed E-state index contributed by atoms with van der Waals surface area (Å²) >= 11 is 3.49. The predicted octanol–water partition coefficient (Wildman–Crippen LogP) is 5.09. The molecule has 0 bridgehead atoms. The van der Waals surface area contributed by atoms with Crippen LogP contribution in [-0.4, -0.2) is 59.5 Å². The van der Waals surface area contributed by atoms with E-state index in [9.17, 15) is 9.59 Å². The van der Waals surface area contributed by atoms with E-state index in [1.807, 2.05) is 23.1 Å². The molecule has 1 aromatic carbocycles.